The van der Waals surface area contributed by atoms with Gasteiger partial charge in [0.15, 0.2) is 5.78 Å². The van der Waals surface area contributed by atoms with Gasteiger partial charge in [-0.25, -0.2) is 0 Å². The van der Waals surface area contributed by atoms with Gasteiger partial charge >= 0.3 is 0 Å². The van der Waals surface area contributed by atoms with E-state index in [0.29, 0.717) is 11.3 Å². The maximum absolute atomic E-state index is 12.2. The molecule has 1 N–H and O–H groups in total. The summed E-state index contributed by atoms with van der Waals surface area (Å²) in [6, 6.07) is 15.1. The Morgan fingerprint density at radius 1 is 1.17 bits per heavy atom. The second kappa shape index (κ2) is 8.31. The number of nitrogens with one attached hydrogen (secondary N) is 1. The average molecular weight is 392 g/mol. The van der Waals surface area contributed by atoms with Crippen molar-refractivity contribution < 1.29 is 9.59 Å². The lowest BCUT2D eigenvalue weighted by atomic mass is 10.1. The van der Waals surface area contributed by atoms with Crippen LogP contribution >= 0.6 is 27.7 Å². The molecule has 0 bridgehead atoms. The Morgan fingerprint density at radius 2 is 1.87 bits per heavy atom. The number of rotatable bonds is 6. The zero-order valence-electron chi connectivity index (χ0n) is 13.0. The Balaban J connectivity index is 1.90. The summed E-state index contributed by atoms with van der Waals surface area (Å²) in [6.07, 6.45) is 0. The molecule has 5 heteroatoms. The van der Waals surface area contributed by atoms with Gasteiger partial charge in [0, 0.05) is 21.5 Å². The van der Waals surface area contributed by atoms with Crippen molar-refractivity contribution in [3.63, 3.8) is 0 Å². The Bertz CT molecular complexity index is 700. The molecule has 120 valence electrons. The normalized spacial score (nSPS) is 11.8. The summed E-state index contributed by atoms with van der Waals surface area (Å²) in [5.41, 5.74) is 2.42. The lowest BCUT2D eigenvalue weighted by Crippen LogP contribution is -2.22. The Hall–Kier alpha value is -1.59. The van der Waals surface area contributed by atoms with E-state index in [9.17, 15) is 9.59 Å². The molecular weight excluding hydrogens is 374 g/mol. The molecule has 0 aliphatic heterocycles. The van der Waals surface area contributed by atoms with E-state index in [2.05, 4.69) is 21.2 Å². The first kappa shape index (κ1) is 17.8. The number of hydrogen-bond acceptors (Lipinski definition) is 3. The van der Waals surface area contributed by atoms with Gasteiger partial charge in [-0.3, -0.25) is 9.59 Å². The fourth-order valence-corrected chi connectivity index (χ4v) is 3.05. The molecule has 0 aliphatic rings. The molecule has 0 spiro atoms. The predicted octanol–water partition coefficient (Wildman–Crippen LogP) is 4.91. The van der Waals surface area contributed by atoms with E-state index in [1.807, 2.05) is 31.2 Å². The van der Waals surface area contributed by atoms with E-state index >= 15 is 0 Å². The second-order valence-electron chi connectivity index (χ2n) is 5.21. The third-order valence-electron chi connectivity index (χ3n) is 3.32. The fraction of sp³-hybridized carbons (Fsp3) is 0.222. The molecule has 0 fully saturated rings. The van der Waals surface area contributed by atoms with Gasteiger partial charge in [0.25, 0.3) is 0 Å². The molecule has 0 unspecified atom stereocenters. The van der Waals surface area contributed by atoms with Crippen LogP contribution < -0.4 is 5.32 Å². The van der Waals surface area contributed by atoms with Crippen LogP contribution in [0.4, 0.5) is 5.69 Å². The number of benzene rings is 2. The molecule has 2 aromatic carbocycles. The standard InChI is InChI=1S/C18H18BrNO2S/c1-12(21)15-4-3-5-17(10-15)20-18(22)13(2)23-11-14-6-8-16(19)9-7-14/h3-10,13H,11H2,1-2H3,(H,20,22)/t13-/m0/s1. The minimum atomic E-state index is -0.181. The Kier molecular flexibility index (Phi) is 6.42. The van der Waals surface area contributed by atoms with E-state index in [0.717, 1.165) is 10.2 Å². The number of halogens is 1. The number of ketones is 1. The number of Topliss-reactive ketones (excluding diaryl/α,β-unsaturated/α-hetero) is 1. The highest BCUT2D eigenvalue weighted by Crippen LogP contribution is 2.21. The van der Waals surface area contributed by atoms with Crippen LogP contribution in [0, 0.1) is 0 Å². The van der Waals surface area contributed by atoms with Crippen molar-refractivity contribution in [2.24, 2.45) is 0 Å². The van der Waals surface area contributed by atoms with E-state index in [1.54, 1.807) is 36.0 Å². The summed E-state index contributed by atoms with van der Waals surface area (Å²) in [7, 11) is 0. The van der Waals surface area contributed by atoms with E-state index in [4.69, 9.17) is 0 Å². The van der Waals surface area contributed by atoms with Crippen LogP contribution in [0.15, 0.2) is 53.0 Å². The van der Waals surface area contributed by atoms with Crippen molar-refractivity contribution in [3.05, 3.63) is 64.1 Å². The SMILES string of the molecule is CC(=O)c1cccc(NC(=O)[C@H](C)SCc2ccc(Br)cc2)c1. The highest BCUT2D eigenvalue weighted by atomic mass is 79.9. The van der Waals surface area contributed by atoms with Crippen molar-refractivity contribution in [3.8, 4) is 0 Å². The molecule has 1 amide bonds. The Morgan fingerprint density at radius 3 is 2.52 bits per heavy atom. The molecule has 0 aromatic heterocycles. The second-order valence-corrected chi connectivity index (χ2v) is 7.45. The van der Waals surface area contributed by atoms with Crippen LogP contribution in [-0.2, 0) is 10.5 Å². The van der Waals surface area contributed by atoms with Crippen molar-refractivity contribution in [2.45, 2.75) is 24.9 Å². The summed E-state index contributed by atoms with van der Waals surface area (Å²) in [5.74, 6) is 0.696. The first-order chi connectivity index (χ1) is 11.0. The number of hydrogen-bond donors (Lipinski definition) is 1. The third-order valence-corrected chi connectivity index (χ3v) is 5.06. The molecule has 0 aliphatic carbocycles. The lowest BCUT2D eigenvalue weighted by molar-refractivity contribution is -0.115. The van der Waals surface area contributed by atoms with Crippen LogP contribution in [0.5, 0.6) is 0 Å². The fourth-order valence-electron chi connectivity index (χ4n) is 1.94. The van der Waals surface area contributed by atoms with Gasteiger partial charge in [0.1, 0.15) is 0 Å². The maximum atomic E-state index is 12.2. The minimum absolute atomic E-state index is 0.0150. The minimum Gasteiger partial charge on any atom is -0.325 e. The van der Waals surface area contributed by atoms with Crippen LogP contribution in [0.3, 0.4) is 0 Å². The predicted molar refractivity (Wildman–Crippen MR) is 100.0 cm³/mol. The van der Waals surface area contributed by atoms with E-state index < -0.39 is 0 Å². The van der Waals surface area contributed by atoms with Gasteiger partial charge in [0.2, 0.25) is 5.91 Å². The number of carbonyl (C=O) groups is 2. The lowest BCUT2D eigenvalue weighted by Gasteiger charge is -2.12. The third kappa shape index (κ3) is 5.52. The van der Waals surface area contributed by atoms with Crippen molar-refractivity contribution in [1.29, 1.82) is 0 Å². The quantitative estimate of drug-likeness (QED) is 0.711. The summed E-state index contributed by atoms with van der Waals surface area (Å²) in [6.45, 7) is 3.39. The average Bonchev–Trinajstić information content (AvgIpc) is 2.54. The smallest absolute Gasteiger partial charge is 0.237 e. The molecule has 3 nitrogen and oxygen atoms in total. The summed E-state index contributed by atoms with van der Waals surface area (Å²) >= 11 is 4.99. The number of carbonyl (C=O) groups excluding carboxylic acids is 2. The van der Waals surface area contributed by atoms with E-state index in [-0.39, 0.29) is 16.9 Å². The number of thioether (sulfide) groups is 1. The van der Waals surface area contributed by atoms with Crippen LogP contribution in [0.2, 0.25) is 0 Å². The topological polar surface area (TPSA) is 46.2 Å². The van der Waals surface area contributed by atoms with Gasteiger partial charge in [-0.2, -0.15) is 0 Å². The highest BCUT2D eigenvalue weighted by Gasteiger charge is 2.14. The van der Waals surface area contributed by atoms with Crippen LogP contribution in [-0.4, -0.2) is 16.9 Å². The van der Waals surface area contributed by atoms with Crippen molar-refractivity contribution in [2.75, 3.05) is 5.32 Å². The summed E-state index contributed by atoms with van der Waals surface area (Å²) in [4.78, 5) is 23.6. The molecule has 0 heterocycles. The number of anilines is 1. The first-order valence-corrected chi connectivity index (χ1v) is 9.08. The van der Waals surface area contributed by atoms with Crippen LogP contribution in [0.25, 0.3) is 0 Å². The number of amides is 1. The van der Waals surface area contributed by atoms with Gasteiger partial charge < -0.3 is 5.32 Å². The maximum Gasteiger partial charge on any atom is 0.237 e. The first-order valence-electron chi connectivity index (χ1n) is 7.23. The molecule has 0 saturated heterocycles. The summed E-state index contributed by atoms with van der Waals surface area (Å²) in [5, 5.41) is 2.68. The Labute approximate surface area is 149 Å². The molecule has 2 aromatic rings. The van der Waals surface area contributed by atoms with Crippen LogP contribution in [0.1, 0.15) is 29.8 Å². The zero-order chi connectivity index (χ0) is 16.8. The van der Waals surface area contributed by atoms with Gasteiger partial charge in [0.05, 0.1) is 5.25 Å². The van der Waals surface area contributed by atoms with Crippen molar-refractivity contribution in [1.82, 2.24) is 0 Å². The molecule has 2 rings (SSSR count). The van der Waals surface area contributed by atoms with Gasteiger partial charge in [-0.15, -0.1) is 11.8 Å². The molecular formula is C18H18BrNO2S. The van der Waals surface area contributed by atoms with Gasteiger partial charge in [-0.05, 0) is 43.7 Å². The monoisotopic (exact) mass is 391 g/mol. The van der Waals surface area contributed by atoms with Gasteiger partial charge in [-0.1, -0.05) is 40.2 Å². The van der Waals surface area contributed by atoms with Crippen molar-refractivity contribution >= 4 is 45.1 Å². The van der Waals surface area contributed by atoms with E-state index in [1.165, 1.54) is 12.5 Å². The highest BCUT2D eigenvalue weighted by molar-refractivity contribution is 9.10. The largest absolute Gasteiger partial charge is 0.325 e. The molecule has 1 atom stereocenters. The molecule has 0 saturated carbocycles. The summed E-state index contributed by atoms with van der Waals surface area (Å²) < 4.78 is 1.04. The molecule has 0 radical (unpaired) electrons. The molecule has 23 heavy (non-hydrogen) atoms. The zero-order valence-corrected chi connectivity index (χ0v) is 15.4.